The monoisotopic (exact) mass is 265 g/mol. The highest BCUT2D eigenvalue weighted by Crippen LogP contribution is 2.15. The van der Waals surface area contributed by atoms with Crippen molar-refractivity contribution in [1.29, 1.82) is 0 Å². The molecule has 1 aromatic rings. The fraction of sp³-hybridized carbons (Fsp3) is 0.455. The number of nitrogens with one attached hydrogen (secondary N) is 1. The van der Waals surface area contributed by atoms with Crippen LogP contribution in [0.5, 0.6) is 5.88 Å². The van der Waals surface area contributed by atoms with Crippen molar-refractivity contribution >= 4 is 5.97 Å². The van der Waals surface area contributed by atoms with E-state index in [4.69, 9.17) is 15.4 Å². The Hall–Kier alpha value is -2.31. The topological polar surface area (TPSA) is 120 Å². The van der Waals surface area contributed by atoms with Gasteiger partial charge in [-0.05, 0) is 30.1 Å². The van der Waals surface area contributed by atoms with E-state index in [0.29, 0.717) is 31.0 Å². The zero-order valence-corrected chi connectivity index (χ0v) is 10.5. The summed E-state index contributed by atoms with van der Waals surface area (Å²) < 4.78 is 4.91. The van der Waals surface area contributed by atoms with Gasteiger partial charge in [0.05, 0.1) is 7.11 Å². The summed E-state index contributed by atoms with van der Waals surface area (Å²) in [6, 6.07) is 2.40. The third kappa shape index (κ3) is 4.82. The molecule has 19 heavy (non-hydrogen) atoms. The molecular weight excluding hydrogens is 250 g/mol. The van der Waals surface area contributed by atoms with E-state index in [1.807, 2.05) is 0 Å². The summed E-state index contributed by atoms with van der Waals surface area (Å²) in [5.41, 5.74) is 8.65. The first-order chi connectivity index (χ1) is 9.19. The third-order valence-electron chi connectivity index (χ3n) is 2.40. The molecule has 1 aromatic heterocycles. The van der Waals surface area contributed by atoms with Gasteiger partial charge in [0.2, 0.25) is 5.88 Å². The van der Waals surface area contributed by atoms with Crippen LogP contribution in [0.4, 0.5) is 0 Å². The lowest BCUT2D eigenvalue weighted by atomic mass is 10.1. The van der Waals surface area contributed by atoms with Crippen LogP contribution in [0, 0.1) is 0 Å². The number of hydrogen-bond acceptors (Lipinski definition) is 5. The Labute approximate surface area is 110 Å². The maximum Gasteiger partial charge on any atom is 0.325 e. The zero-order chi connectivity index (χ0) is 14.1. The molecule has 0 saturated carbocycles. The minimum absolute atomic E-state index is 0.330. The molecule has 0 aliphatic carbocycles. The van der Waals surface area contributed by atoms with Crippen molar-refractivity contribution in [3.05, 3.63) is 34.3 Å². The maximum absolute atomic E-state index is 11.2. The number of azide groups is 1. The van der Waals surface area contributed by atoms with Crippen molar-refractivity contribution in [2.75, 3.05) is 20.2 Å². The first-order valence-corrected chi connectivity index (χ1v) is 5.66. The molecule has 0 spiro atoms. The van der Waals surface area contributed by atoms with Gasteiger partial charge in [-0.15, -0.1) is 0 Å². The van der Waals surface area contributed by atoms with Gasteiger partial charge in [-0.2, -0.15) is 0 Å². The number of hydrogen-bond donors (Lipinski definition) is 2. The Balaban J connectivity index is 2.60. The van der Waals surface area contributed by atoms with E-state index >= 15 is 0 Å². The van der Waals surface area contributed by atoms with Gasteiger partial charge >= 0.3 is 5.97 Å². The number of aromatic nitrogens is 1. The summed E-state index contributed by atoms with van der Waals surface area (Å²) >= 11 is 0. The number of pyridine rings is 1. The van der Waals surface area contributed by atoms with E-state index < -0.39 is 12.0 Å². The van der Waals surface area contributed by atoms with Crippen LogP contribution in [0.1, 0.15) is 18.0 Å². The zero-order valence-electron chi connectivity index (χ0n) is 10.5. The Kier molecular flexibility index (Phi) is 6.14. The largest absolute Gasteiger partial charge is 0.481 e. The molecule has 1 rings (SSSR count). The average molecular weight is 265 g/mol. The Morgan fingerprint density at radius 3 is 3.00 bits per heavy atom. The smallest absolute Gasteiger partial charge is 0.325 e. The van der Waals surface area contributed by atoms with Crippen molar-refractivity contribution in [3.8, 4) is 5.88 Å². The first kappa shape index (κ1) is 14.7. The summed E-state index contributed by atoms with van der Waals surface area (Å²) in [5.74, 6) is -0.563. The fourth-order valence-electron chi connectivity index (χ4n) is 1.47. The molecule has 0 saturated heterocycles. The van der Waals surface area contributed by atoms with Crippen molar-refractivity contribution in [2.45, 2.75) is 12.5 Å². The molecule has 0 aliphatic heterocycles. The van der Waals surface area contributed by atoms with E-state index in [1.54, 1.807) is 12.1 Å². The number of carboxylic acid groups (broad SMARTS) is 1. The van der Waals surface area contributed by atoms with Crippen LogP contribution in [0.2, 0.25) is 0 Å². The van der Waals surface area contributed by atoms with Crippen molar-refractivity contribution < 1.29 is 14.6 Å². The van der Waals surface area contributed by atoms with E-state index in [1.165, 1.54) is 13.3 Å². The standard InChI is InChI=1S/C11H15N5O3/c1-19-9-4-3-8(7-14-9)10(11(17)18)13-5-2-6-15-16-12/h3-4,7,10,13H,2,5-6H2,1H3,(H,17,18). The molecule has 0 aliphatic rings. The van der Waals surface area contributed by atoms with E-state index in [0.717, 1.165) is 0 Å². The van der Waals surface area contributed by atoms with Gasteiger partial charge in [-0.25, -0.2) is 4.98 Å². The molecule has 1 heterocycles. The molecule has 1 atom stereocenters. The van der Waals surface area contributed by atoms with Gasteiger partial charge in [0, 0.05) is 23.7 Å². The highest BCUT2D eigenvalue weighted by atomic mass is 16.5. The average Bonchev–Trinajstić information content (AvgIpc) is 2.43. The maximum atomic E-state index is 11.2. The molecule has 102 valence electrons. The minimum atomic E-state index is -0.990. The Morgan fingerprint density at radius 1 is 1.68 bits per heavy atom. The highest BCUT2D eigenvalue weighted by molar-refractivity contribution is 5.75. The van der Waals surface area contributed by atoms with Gasteiger partial charge in [0.15, 0.2) is 0 Å². The molecule has 8 nitrogen and oxygen atoms in total. The number of rotatable bonds is 8. The number of carbonyl (C=O) groups is 1. The van der Waals surface area contributed by atoms with Gasteiger partial charge in [-0.1, -0.05) is 5.11 Å². The summed E-state index contributed by atoms with van der Waals surface area (Å²) in [6.45, 7) is 0.763. The minimum Gasteiger partial charge on any atom is -0.481 e. The second-order valence-corrected chi connectivity index (χ2v) is 3.67. The van der Waals surface area contributed by atoms with Crippen LogP contribution in [0.3, 0.4) is 0 Å². The molecule has 8 heteroatoms. The SMILES string of the molecule is COc1ccc(C(NCCCN=[N+]=[N-])C(=O)O)cn1. The highest BCUT2D eigenvalue weighted by Gasteiger charge is 2.19. The van der Waals surface area contributed by atoms with Gasteiger partial charge in [-0.3, -0.25) is 4.79 Å². The normalized spacial score (nSPS) is 11.4. The molecule has 0 fully saturated rings. The lowest BCUT2D eigenvalue weighted by Crippen LogP contribution is -2.29. The second kappa shape index (κ2) is 7.91. The quantitative estimate of drug-likeness (QED) is 0.319. The van der Waals surface area contributed by atoms with Crippen LogP contribution < -0.4 is 10.1 Å². The van der Waals surface area contributed by atoms with Gasteiger partial charge < -0.3 is 15.2 Å². The lowest BCUT2D eigenvalue weighted by Gasteiger charge is -2.14. The predicted molar refractivity (Wildman–Crippen MR) is 67.8 cm³/mol. The lowest BCUT2D eigenvalue weighted by molar-refractivity contribution is -0.139. The number of carboxylic acids is 1. The summed E-state index contributed by atoms with van der Waals surface area (Å²) in [5, 5.41) is 15.4. The molecule has 0 amide bonds. The van der Waals surface area contributed by atoms with Gasteiger partial charge in [0.25, 0.3) is 0 Å². The van der Waals surface area contributed by atoms with E-state index in [9.17, 15) is 4.79 Å². The van der Waals surface area contributed by atoms with Crippen molar-refractivity contribution in [1.82, 2.24) is 10.3 Å². The fourth-order valence-corrected chi connectivity index (χ4v) is 1.47. The number of nitrogens with zero attached hydrogens (tertiary/aromatic N) is 4. The summed E-state index contributed by atoms with van der Waals surface area (Å²) in [4.78, 5) is 17.8. The van der Waals surface area contributed by atoms with Crippen LogP contribution in [0.25, 0.3) is 10.4 Å². The van der Waals surface area contributed by atoms with Crippen LogP contribution in [0.15, 0.2) is 23.4 Å². The molecule has 0 radical (unpaired) electrons. The van der Waals surface area contributed by atoms with Gasteiger partial charge in [0.1, 0.15) is 6.04 Å². The van der Waals surface area contributed by atoms with Crippen LogP contribution in [-0.4, -0.2) is 36.3 Å². The number of methoxy groups -OCH3 is 1. The molecule has 0 bridgehead atoms. The first-order valence-electron chi connectivity index (χ1n) is 5.66. The molecule has 1 unspecified atom stereocenters. The van der Waals surface area contributed by atoms with Crippen LogP contribution in [-0.2, 0) is 4.79 Å². The number of ether oxygens (including phenoxy) is 1. The van der Waals surface area contributed by atoms with Crippen LogP contribution >= 0.6 is 0 Å². The Bertz CT molecular complexity index is 456. The summed E-state index contributed by atoms with van der Waals surface area (Å²) in [7, 11) is 1.49. The molecule has 2 N–H and O–H groups in total. The third-order valence-corrected chi connectivity index (χ3v) is 2.40. The van der Waals surface area contributed by atoms with Crippen molar-refractivity contribution in [3.63, 3.8) is 0 Å². The second-order valence-electron chi connectivity index (χ2n) is 3.67. The Morgan fingerprint density at radius 2 is 2.47 bits per heavy atom. The molecular formula is C11H15N5O3. The number of aliphatic carboxylic acids is 1. The summed E-state index contributed by atoms with van der Waals surface area (Å²) in [6.07, 6.45) is 2.02. The predicted octanol–water partition coefficient (Wildman–Crippen LogP) is 1.51. The van der Waals surface area contributed by atoms with E-state index in [2.05, 4.69) is 20.3 Å². The van der Waals surface area contributed by atoms with Crippen molar-refractivity contribution in [2.24, 2.45) is 5.11 Å². The van der Waals surface area contributed by atoms with E-state index in [-0.39, 0.29) is 0 Å². The molecule has 0 aromatic carbocycles.